The molecule has 0 aromatic heterocycles. The largest absolute Gasteiger partial charge is 0.269 e. The lowest BCUT2D eigenvalue weighted by atomic mass is 9.92. The number of nitrogens with zero attached hydrogens (tertiary/aromatic N) is 2. The van der Waals surface area contributed by atoms with Gasteiger partial charge in [0.15, 0.2) is 0 Å². The lowest BCUT2D eigenvalue weighted by molar-refractivity contribution is -0.113. The number of anilines is 1. The lowest BCUT2D eigenvalue weighted by Crippen LogP contribution is -2.39. The molecule has 0 unspecified atom stereocenters. The van der Waals surface area contributed by atoms with Crippen LogP contribution in [0.15, 0.2) is 70.7 Å². The van der Waals surface area contributed by atoms with E-state index in [0.717, 1.165) is 21.6 Å². The number of rotatable bonds is 2. The molecule has 0 aliphatic carbocycles. The summed E-state index contributed by atoms with van der Waals surface area (Å²) in [6, 6.07) is 15.7. The normalized spacial score (nSPS) is 15.2. The minimum absolute atomic E-state index is 0.185. The molecule has 1 aliphatic heterocycles. The fourth-order valence-corrected chi connectivity index (χ4v) is 3.03. The Bertz CT molecular complexity index is 822. The van der Waals surface area contributed by atoms with E-state index in [1.165, 1.54) is 11.6 Å². The molecule has 0 saturated heterocycles. The molecule has 2 aromatic carbocycles. The van der Waals surface area contributed by atoms with Gasteiger partial charge >= 0.3 is 0 Å². The first-order valence-electron chi connectivity index (χ1n) is 9.21. The molecule has 2 aromatic rings. The topological polar surface area (TPSA) is 32.7 Å². The zero-order valence-electron chi connectivity index (χ0n) is 16.4. The number of fused-ring (bicyclic) bond motifs is 1. The van der Waals surface area contributed by atoms with Crippen molar-refractivity contribution in [1.82, 2.24) is 0 Å². The summed E-state index contributed by atoms with van der Waals surface area (Å²) in [6.07, 6.45) is 1.32. The Hall–Kier alpha value is -2.20. The molecule has 0 fully saturated rings. The van der Waals surface area contributed by atoms with E-state index >= 15 is 0 Å². The number of halogens is 1. The van der Waals surface area contributed by atoms with E-state index in [-0.39, 0.29) is 5.91 Å². The Morgan fingerprint density at radius 2 is 1.78 bits per heavy atom. The van der Waals surface area contributed by atoms with Crippen molar-refractivity contribution in [2.45, 2.75) is 33.6 Å². The fraction of sp³-hybridized carbons (Fsp3) is 0.304. The molecular weight excluding hydrogens is 400 g/mol. The third kappa shape index (κ3) is 5.39. The van der Waals surface area contributed by atoms with Crippen molar-refractivity contribution in [2.75, 3.05) is 11.4 Å². The second-order valence-corrected chi connectivity index (χ2v) is 8.15. The molecule has 0 bridgehead atoms. The first-order valence-corrected chi connectivity index (χ1v) is 10.00. The Morgan fingerprint density at radius 1 is 1.19 bits per heavy atom. The number of amidine groups is 1. The second kappa shape index (κ2) is 9.65. The molecule has 3 nitrogen and oxygen atoms in total. The van der Waals surface area contributed by atoms with Crippen LogP contribution in [0.3, 0.4) is 0 Å². The third-order valence-electron chi connectivity index (χ3n) is 3.94. The van der Waals surface area contributed by atoms with E-state index in [1.54, 1.807) is 4.90 Å². The van der Waals surface area contributed by atoms with Gasteiger partial charge in [-0.15, -0.1) is 0 Å². The van der Waals surface area contributed by atoms with Crippen LogP contribution in [0.1, 0.15) is 44.7 Å². The maximum Gasteiger partial charge on any atom is 0.256 e. The van der Waals surface area contributed by atoms with E-state index in [0.29, 0.717) is 18.3 Å². The number of hydrogen-bond donors (Lipinski definition) is 0. The number of carbonyl (C=O) groups is 1. The molecule has 27 heavy (non-hydrogen) atoms. The fourth-order valence-electron chi connectivity index (χ4n) is 2.76. The van der Waals surface area contributed by atoms with E-state index in [4.69, 9.17) is 0 Å². The Labute approximate surface area is 170 Å². The van der Waals surface area contributed by atoms with Crippen molar-refractivity contribution in [3.63, 3.8) is 0 Å². The number of hydrogen-bond acceptors (Lipinski definition) is 2. The summed E-state index contributed by atoms with van der Waals surface area (Å²) in [5.74, 6) is 1.68. The highest BCUT2D eigenvalue weighted by atomic mass is 79.9. The van der Waals surface area contributed by atoms with E-state index in [9.17, 15) is 4.79 Å². The molecule has 3 rings (SSSR count). The SMILES string of the molecule is C=CC(=O)N(C1=NC[C@H](C)c2ccccc21)c1ccc(Br)cc1.CC(C)C. The van der Waals surface area contributed by atoms with Gasteiger partial charge in [0.25, 0.3) is 5.91 Å². The molecule has 142 valence electrons. The van der Waals surface area contributed by atoms with Gasteiger partial charge in [-0.05, 0) is 41.8 Å². The van der Waals surface area contributed by atoms with Crippen LogP contribution in [-0.4, -0.2) is 18.3 Å². The minimum Gasteiger partial charge on any atom is -0.269 e. The van der Waals surface area contributed by atoms with Crippen LogP contribution in [0.2, 0.25) is 0 Å². The molecule has 4 heteroatoms. The Kier molecular flexibility index (Phi) is 7.55. The molecule has 1 atom stereocenters. The van der Waals surface area contributed by atoms with Gasteiger partial charge in [-0.3, -0.25) is 14.7 Å². The molecule has 0 radical (unpaired) electrons. The molecule has 0 spiro atoms. The van der Waals surface area contributed by atoms with E-state index in [1.807, 2.05) is 42.5 Å². The molecule has 0 N–H and O–H groups in total. The number of carbonyl (C=O) groups excluding carboxylic acids is 1. The predicted octanol–water partition coefficient (Wildman–Crippen LogP) is 6.19. The summed E-state index contributed by atoms with van der Waals surface area (Å²) in [5.41, 5.74) is 3.00. The first kappa shape index (κ1) is 21.1. The number of benzene rings is 2. The number of aliphatic imine (C=N–C) groups is 1. The summed E-state index contributed by atoms with van der Waals surface area (Å²) in [5, 5.41) is 0. The summed E-state index contributed by atoms with van der Waals surface area (Å²) < 4.78 is 0.965. The second-order valence-electron chi connectivity index (χ2n) is 7.24. The average Bonchev–Trinajstić information content (AvgIpc) is 2.65. The van der Waals surface area contributed by atoms with Crippen LogP contribution in [0, 0.1) is 5.92 Å². The van der Waals surface area contributed by atoms with Gasteiger partial charge in [0.05, 0.1) is 5.69 Å². The molecule has 1 amide bonds. The molecule has 1 aliphatic rings. The Balaban J connectivity index is 0.000000596. The van der Waals surface area contributed by atoms with Gasteiger partial charge in [-0.1, -0.05) is 74.5 Å². The van der Waals surface area contributed by atoms with Crippen molar-refractivity contribution in [3.05, 3.63) is 76.8 Å². The molecule has 1 heterocycles. The summed E-state index contributed by atoms with van der Waals surface area (Å²) in [7, 11) is 0. The quantitative estimate of drug-likeness (QED) is 0.526. The predicted molar refractivity (Wildman–Crippen MR) is 119 cm³/mol. The Morgan fingerprint density at radius 3 is 2.37 bits per heavy atom. The first-order chi connectivity index (χ1) is 12.8. The number of amides is 1. The van der Waals surface area contributed by atoms with Crippen LogP contribution in [0.4, 0.5) is 5.69 Å². The van der Waals surface area contributed by atoms with Crippen molar-refractivity contribution in [3.8, 4) is 0 Å². The van der Waals surface area contributed by atoms with Crippen LogP contribution in [-0.2, 0) is 4.79 Å². The molecule has 0 saturated carbocycles. The molecular formula is C23H27BrN2O. The standard InChI is InChI=1S/C19H17BrN2O.C4H10/c1-3-18(23)22(15-10-8-14(20)9-11-15)19-17-7-5-4-6-16(17)13(2)12-21-19;1-4(2)3/h3-11,13H,1,12H2,2H3;4H,1-3H3/t13-;/m0./s1. The average molecular weight is 427 g/mol. The van der Waals surface area contributed by atoms with Crippen molar-refractivity contribution < 1.29 is 4.79 Å². The van der Waals surface area contributed by atoms with Crippen molar-refractivity contribution in [1.29, 1.82) is 0 Å². The van der Waals surface area contributed by atoms with Gasteiger partial charge < -0.3 is 0 Å². The van der Waals surface area contributed by atoms with E-state index < -0.39 is 0 Å². The third-order valence-corrected chi connectivity index (χ3v) is 4.47. The zero-order chi connectivity index (χ0) is 20.0. The van der Waals surface area contributed by atoms with Crippen molar-refractivity contribution >= 4 is 33.4 Å². The lowest BCUT2D eigenvalue weighted by Gasteiger charge is -2.29. The summed E-state index contributed by atoms with van der Waals surface area (Å²) in [4.78, 5) is 18.8. The smallest absolute Gasteiger partial charge is 0.256 e. The van der Waals surface area contributed by atoms with Gasteiger partial charge in [-0.25, -0.2) is 0 Å². The highest BCUT2D eigenvalue weighted by molar-refractivity contribution is 9.10. The van der Waals surface area contributed by atoms with Crippen molar-refractivity contribution in [2.24, 2.45) is 10.9 Å². The maximum absolute atomic E-state index is 12.5. The van der Waals surface area contributed by atoms with Crippen LogP contribution in [0.25, 0.3) is 0 Å². The summed E-state index contributed by atoms with van der Waals surface area (Å²) >= 11 is 3.42. The van der Waals surface area contributed by atoms with Gasteiger partial charge in [0, 0.05) is 22.5 Å². The van der Waals surface area contributed by atoms with E-state index in [2.05, 4.69) is 61.3 Å². The highest BCUT2D eigenvalue weighted by Gasteiger charge is 2.27. The monoisotopic (exact) mass is 426 g/mol. The van der Waals surface area contributed by atoms with Crippen LogP contribution in [0.5, 0.6) is 0 Å². The minimum atomic E-state index is -0.185. The van der Waals surface area contributed by atoms with Gasteiger partial charge in [0.1, 0.15) is 5.84 Å². The van der Waals surface area contributed by atoms with Crippen LogP contribution < -0.4 is 4.90 Å². The zero-order valence-corrected chi connectivity index (χ0v) is 18.0. The van der Waals surface area contributed by atoms with Gasteiger partial charge in [-0.2, -0.15) is 0 Å². The van der Waals surface area contributed by atoms with Gasteiger partial charge in [0.2, 0.25) is 0 Å². The van der Waals surface area contributed by atoms with Crippen LogP contribution >= 0.6 is 15.9 Å². The maximum atomic E-state index is 12.5. The summed E-state index contributed by atoms with van der Waals surface area (Å²) in [6.45, 7) is 13.0. The highest BCUT2D eigenvalue weighted by Crippen LogP contribution is 2.29.